The van der Waals surface area contributed by atoms with Crippen molar-refractivity contribution in [3.05, 3.63) is 17.5 Å². The number of hydrogen-bond acceptors (Lipinski definition) is 2. The minimum absolute atomic E-state index is 0.593. The Labute approximate surface area is 86.3 Å². The molecule has 14 heavy (non-hydrogen) atoms. The van der Waals surface area contributed by atoms with Crippen LogP contribution >= 0.6 is 0 Å². The van der Waals surface area contributed by atoms with Crippen molar-refractivity contribution in [3.8, 4) is 0 Å². The first-order valence-electron chi connectivity index (χ1n) is 5.36. The summed E-state index contributed by atoms with van der Waals surface area (Å²) in [5, 5.41) is 4.32. The van der Waals surface area contributed by atoms with E-state index in [2.05, 4.69) is 30.6 Å². The van der Waals surface area contributed by atoms with E-state index in [0.717, 1.165) is 18.0 Å². The number of nitrogens with zero attached hydrogens (tertiary/aromatic N) is 2. The molecule has 1 aromatic rings. The van der Waals surface area contributed by atoms with Crippen LogP contribution in [0.25, 0.3) is 0 Å². The molecule has 0 saturated heterocycles. The molecule has 0 spiro atoms. The van der Waals surface area contributed by atoms with E-state index in [1.54, 1.807) is 0 Å². The summed E-state index contributed by atoms with van der Waals surface area (Å²) in [4.78, 5) is 0. The molecule has 0 fully saturated rings. The van der Waals surface area contributed by atoms with Crippen LogP contribution < -0.4 is 5.73 Å². The average Bonchev–Trinajstić information content (AvgIpc) is 2.47. The van der Waals surface area contributed by atoms with Crippen LogP contribution in [0.2, 0.25) is 0 Å². The van der Waals surface area contributed by atoms with Gasteiger partial charge in [-0.2, -0.15) is 5.10 Å². The lowest BCUT2D eigenvalue weighted by Gasteiger charge is -2.06. The Morgan fingerprint density at radius 2 is 2.21 bits per heavy atom. The third kappa shape index (κ3) is 2.84. The highest BCUT2D eigenvalue weighted by Gasteiger charge is 2.04. The lowest BCUT2D eigenvalue weighted by molar-refractivity contribution is 0.484. The Morgan fingerprint density at radius 3 is 2.71 bits per heavy atom. The smallest absolute Gasteiger partial charge is 0.0537 e. The van der Waals surface area contributed by atoms with Gasteiger partial charge in [0.2, 0.25) is 0 Å². The molecule has 0 aromatic carbocycles. The molecule has 0 amide bonds. The molecule has 0 aliphatic carbocycles. The molecule has 0 aliphatic heterocycles. The SMILES string of the molecule is Cc1c(CN)cnn1CCCC(C)C. The van der Waals surface area contributed by atoms with Gasteiger partial charge in [-0.15, -0.1) is 0 Å². The molecule has 1 aromatic heterocycles. The quantitative estimate of drug-likeness (QED) is 0.781. The first kappa shape index (κ1) is 11.2. The maximum absolute atomic E-state index is 5.59. The maximum atomic E-state index is 5.59. The summed E-state index contributed by atoms with van der Waals surface area (Å²) >= 11 is 0. The van der Waals surface area contributed by atoms with Crippen molar-refractivity contribution in [1.82, 2.24) is 9.78 Å². The van der Waals surface area contributed by atoms with Crippen molar-refractivity contribution < 1.29 is 0 Å². The summed E-state index contributed by atoms with van der Waals surface area (Å²) < 4.78 is 2.06. The van der Waals surface area contributed by atoms with Gasteiger partial charge in [0.05, 0.1) is 6.20 Å². The zero-order chi connectivity index (χ0) is 10.6. The summed E-state index contributed by atoms with van der Waals surface area (Å²) in [7, 11) is 0. The zero-order valence-electron chi connectivity index (χ0n) is 9.45. The highest BCUT2D eigenvalue weighted by molar-refractivity contribution is 5.15. The van der Waals surface area contributed by atoms with Gasteiger partial charge in [0, 0.05) is 24.3 Å². The molecule has 0 saturated carbocycles. The Morgan fingerprint density at radius 1 is 1.50 bits per heavy atom. The van der Waals surface area contributed by atoms with Crippen LogP contribution in [-0.4, -0.2) is 9.78 Å². The van der Waals surface area contributed by atoms with E-state index in [1.807, 2.05) is 6.20 Å². The van der Waals surface area contributed by atoms with E-state index in [9.17, 15) is 0 Å². The molecular formula is C11H21N3. The second-order valence-electron chi connectivity index (χ2n) is 4.22. The van der Waals surface area contributed by atoms with Gasteiger partial charge in [-0.3, -0.25) is 4.68 Å². The molecule has 0 atom stereocenters. The normalized spacial score (nSPS) is 11.2. The Hall–Kier alpha value is -0.830. The highest BCUT2D eigenvalue weighted by Crippen LogP contribution is 2.09. The Kier molecular flexibility index (Phi) is 4.14. The van der Waals surface area contributed by atoms with Crippen LogP contribution in [0.5, 0.6) is 0 Å². The van der Waals surface area contributed by atoms with E-state index in [1.165, 1.54) is 18.5 Å². The fourth-order valence-electron chi connectivity index (χ4n) is 1.56. The maximum Gasteiger partial charge on any atom is 0.0537 e. The van der Waals surface area contributed by atoms with E-state index >= 15 is 0 Å². The first-order valence-corrected chi connectivity index (χ1v) is 5.36. The Balaban J connectivity index is 2.46. The van der Waals surface area contributed by atoms with Gasteiger partial charge < -0.3 is 5.73 Å². The van der Waals surface area contributed by atoms with Crippen LogP contribution in [0.15, 0.2) is 6.20 Å². The topological polar surface area (TPSA) is 43.8 Å². The van der Waals surface area contributed by atoms with Gasteiger partial charge in [-0.25, -0.2) is 0 Å². The predicted octanol–water partition coefficient (Wildman–Crippen LogP) is 2.09. The van der Waals surface area contributed by atoms with E-state index in [-0.39, 0.29) is 0 Å². The standard InChI is InChI=1S/C11H21N3/c1-9(2)5-4-6-14-10(3)11(7-12)8-13-14/h8-9H,4-7,12H2,1-3H3. The highest BCUT2D eigenvalue weighted by atomic mass is 15.3. The molecule has 3 nitrogen and oxygen atoms in total. The second-order valence-corrected chi connectivity index (χ2v) is 4.22. The van der Waals surface area contributed by atoms with Crippen molar-refractivity contribution in [2.75, 3.05) is 0 Å². The van der Waals surface area contributed by atoms with E-state index < -0.39 is 0 Å². The lowest BCUT2D eigenvalue weighted by Crippen LogP contribution is -2.05. The first-order chi connectivity index (χ1) is 6.65. The molecule has 1 rings (SSSR count). The average molecular weight is 195 g/mol. The van der Waals surface area contributed by atoms with Crippen LogP contribution in [0, 0.1) is 12.8 Å². The molecule has 3 heteroatoms. The van der Waals surface area contributed by atoms with E-state index in [4.69, 9.17) is 5.73 Å². The minimum Gasteiger partial charge on any atom is -0.326 e. The van der Waals surface area contributed by atoms with Gasteiger partial charge in [0.15, 0.2) is 0 Å². The Bertz CT molecular complexity index is 276. The summed E-state index contributed by atoms with van der Waals surface area (Å²) in [5.74, 6) is 0.778. The number of hydrogen-bond donors (Lipinski definition) is 1. The van der Waals surface area contributed by atoms with Crippen molar-refractivity contribution in [1.29, 1.82) is 0 Å². The summed E-state index contributed by atoms with van der Waals surface area (Å²) in [6.45, 7) is 8.20. The fraction of sp³-hybridized carbons (Fsp3) is 0.727. The largest absolute Gasteiger partial charge is 0.326 e. The second kappa shape index (κ2) is 5.15. The molecular weight excluding hydrogens is 174 g/mol. The van der Waals surface area contributed by atoms with Crippen molar-refractivity contribution >= 4 is 0 Å². The van der Waals surface area contributed by atoms with Gasteiger partial charge in [-0.1, -0.05) is 13.8 Å². The summed E-state index contributed by atoms with van der Waals surface area (Å²) in [5.41, 5.74) is 7.97. The van der Waals surface area contributed by atoms with Gasteiger partial charge in [0.1, 0.15) is 0 Å². The van der Waals surface area contributed by atoms with Crippen molar-refractivity contribution in [2.45, 2.75) is 46.7 Å². The lowest BCUT2D eigenvalue weighted by atomic mass is 10.1. The predicted molar refractivity (Wildman–Crippen MR) is 58.9 cm³/mol. The monoisotopic (exact) mass is 195 g/mol. The van der Waals surface area contributed by atoms with Gasteiger partial charge >= 0.3 is 0 Å². The van der Waals surface area contributed by atoms with Crippen molar-refractivity contribution in [2.24, 2.45) is 11.7 Å². The third-order valence-electron chi connectivity index (χ3n) is 2.58. The van der Waals surface area contributed by atoms with E-state index in [0.29, 0.717) is 6.54 Å². The van der Waals surface area contributed by atoms with Crippen molar-refractivity contribution in [3.63, 3.8) is 0 Å². The molecule has 0 bridgehead atoms. The molecule has 0 unspecified atom stereocenters. The minimum atomic E-state index is 0.593. The summed E-state index contributed by atoms with van der Waals surface area (Å²) in [6.07, 6.45) is 4.34. The molecule has 1 heterocycles. The van der Waals surface area contributed by atoms with Crippen LogP contribution in [0.1, 0.15) is 37.9 Å². The molecule has 2 N–H and O–H groups in total. The zero-order valence-corrected chi connectivity index (χ0v) is 9.45. The summed E-state index contributed by atoms with van der Waals surface area (Å²) in [6, 6.07) is 0. The molecule has 80 valence electrons. The van der Waals surface area contributed by atoms with Crippen LogP contribution in [0.3, 0.4) is 0 Å². The third-order valence-corrected chi connectivity index (χ3v) is 2.58. The van der Waals surface area contributed by atoms with Crippen LogP contribution in [0.4, 0.5) is 0 Å². The van der Waals surface area contributed by atoms with Gasteiger partial charge in [-0.05, 0) is 25.7 Å². The number of rotatable bonds is 5. The number of nitrogens with two attached hydrogens (primary N) is 1. The van der Waals surface area contributed by atoms with Gasteiger partial charge in [0.25, 0.3) is 0 Å². The molecule has 0 aliphatic rings. The van der Waals surface area contributed by atoms with Crippen LogP contribution in [-0.2, 0) is 13.1 Å². The number of aromatic nitrogens is 2. The fourth-order valence-corrected chi connectivity index (χ4v) is 1.56. The molecule has 0 radical (unpaired) electrons. The number of aryl methyl sites for hydroxylation is 1.